The first kappa shape index (κ1) is 17.9. The molecule has 1 aromatic heterocycles. The second-order valence-corrected chi connectivity index (χ2v) is 8.28. The summed E-state index contributed by atoms with van der Waals surface area (Å²) < 4.78 is 6.21. The second-order valence-electron chi connectivity index (χ2n) is 7.12. The van der Waals surface area contributed by atoms with E-state index in [2.05, 4.69) is 40.8 Å². The summed E-state index contributed by atoms with van der Waals surface area (Å²) in [5.41, 5.74) is 8.47. The minimum Gasteiger partial charge on any atom is -0.491 e. The van der Waals surface area contributed by atoms with Crippen molar-refractivity contribution in [2.45, 2.75) is 39.0 Å². The number of rotatable bonds is 7. The molecule has 0 radical (unpaired) electrons. The predicted octanol–water partition coefficient (Wildman–Crippen LogP) is 6.02. The fourth-order valence-electron chi connectivity index (χ4n) is 4.11. The molecular formula is C22H26ClNOS. The molecule has 2 aliphatic rings. The van der Waals surface area contributed by atoms with Crippen molar-refractivity contribution in [3.05, 3.63) is 45.1 Å². The van der Waals surface area contributed by atoms with Gasteiger partial charge >= 0.3 is 0 Å². The van der Waals surface area contributed by atoms with Gasteiger partial charge in [-0.25, -0.2) is 0 Å². The number of alkyl halides is 1. The fourth-order valence-corrected chi connectivity index (χ4v) is 4.91. The first-order valence-corrected chi connectivity index (χ1v) is 11.1. The van der Waals surface area contributed by atoms with Gasteiger partial charge in [0.1, 0.15) is 5.75 Å². The second kappa shape index (κ2) is 8.06. The van der Waals surface area contributed by atoms with Gasteiger partial charge in [0.05, 0.1) is 12.3 Å². The fraction of sp³-hybridized carbons (Fsp3) is 0.455. The van der Waals surface area contributed by atoms with Gasteiger partial charge in [-0.15, -0.1) is 11.6 Å². The van der Waals surface area contributed by atoms with Crippen LogP contribution in [-0.2, 0) is 12.8 Å². The zero-order chi connectivity index (χ0) is 17.9. The van der Waals surface area contributed by atoms with Crippen molar-refractivity contribution in [3.63, 3.8) is 0 Å². The lowest BCUT2D eigenvalue weighted by Crippen LogP contribution is -2.30. The Balaban J connectivity index is 1.84. The third kappa shape index (κ3) is 3.39. The maximum Gasteiger partial charge on any atom is 0.143 e. The minimum atomic E-state index is 0.694. The highest BCUT2D eigenvalue weighted by Crippen LogP contribution is 2.45. The summed E-state index contributed by atoms with van der Waals surface area (Å²) in [6, 6.07) is 4.55. The van der Waals surface area contributed by atoms with Crippen LogP contribution in [0.3, 0.4) is 0 Å². The standard InChI is InChI=1S/C22H26ClNOS/c1-2-10-25-21-13-16-5-3-6-19(16)20-12-18(17-7-11-26-15-17)14-24(22(20)21)9-4-8-23/h7,11-13,15H,2-6,8-10,14H2,1H3. The number of hydrogen-bond acceptors (Lipinski definition) is 3. The molecule has 0 fully saturated rings. The van der Waals surface area contributed by atoms with Gasteiger partial charge in [0.25, 0.3) is 0 Å². The zero-order valence-electron chi connectivity index (χ0n) is 15.4. The molecule has 0 N–H and O–H groups in total. The normalized spacial score (nSPS) is 15.6. The van der Waals surface area contributed by atoms with Crippen molar-refractivity contribution < 1.29 is 4.74 Å². The van der Waals surface area contributed by atoms with Gasteiger partial charge in [-0.3, -0.25) is 0 Å². The van der Waals surface area contributed by atoms with Crippen LogP contribution in [0.2, 0.25) is 0 Å². The molecule has 0 atom stereocenters. The lowest BCUT2D eigenvalue weighted by atomic mass is 9.92. The molecule has 2 aromatic rings. The Labute approximate surface area is 165 Å². The van der Waals surface area contributed by atoms with E-state index in [9.17, 15) is 0 Å². The van der Waals surface area contributed by atoms with E-state index in [-0.39, 0.29) is 0 Å². The summed E-state index contributed by atoms with van der Waals surface area (Å²) in [7, 11) is 0. The quantitative estimate of drug-likeness (QED) is 0.539. The molecule has 0 saturated carbocycles. The summed E-state index contributed by atoms with van der Waals surface area (Å²) in [6.07, 6.45) is 8.06. The van der Waals surface area contributed by atoms with Crippen molar-refractivity contribution >= 4 is 40.3 Å². The molecule has 138 valence electrons. The predicted molar refractivity (Wildman–Crippen MR) is 114 cm³/mol. The molecule has 1 aromatic carbocycles. The van der Waals surface area contributed by atoms with E-state index in [0.29, 0.717) is 5.88 Å². The number of halogens is 1. The number of nitrogens with zero attached hydrogens (tertiary/aromatic N) is 1. The molecule has 0 bridgehead atoms. The lowest BCUT2D eigenvalue weighted by molar-refractivity contribution is 0.317. The average molecular weight is 388 g/mol. The highest BCUT2D eigenvalue weighted by atomic mass is 35.5. The molecule has 1 aliphatic heterocycles. The van der Waals surface area contributed by atoms with E-state index >= 15 is 0 Å². The van der Waals surface area contributed by atoms with E-state index < -0.39 is 0 Å². The number of thiophene rings is 1. The Morgan fingerprint density at radius 3 is 3.00 bits per heavy atom. The first-order chi connectivity index (χ1) is 12.8. The van der Waals surface area contributed by atoms with Crippen LogP contribution in [0.1, 0.15) is 48.4 Å². The van der Waals surface area contributed by atoms with E-state index in [1.165, 1.54) is 52.8 Å². The smallest absolute Gasteiger partial charge is 0.143 e. The number of hydrogen-bond donors (Lipinski definition) is 0. The van der Waals surface area contributed by atoms with Crippen molar-refractivity contribution in [1.29, 1.82) is 0 Å². The van der Waals surface area contributed by atoms with Gasteiger partial charge in [0.2, 0.25) is 0 Å². The number of benzene rings is 1. The number of ether oxygens (including phenoxy) is 1. The zero-order valence-corrected chi connectivity index (χ0v) is 17.0. The topological polar surface area (TPSA) is 12.5 Å². The number of aryl methyl sites for hydroxylation is 1. The largest absolute Gasteiger partial charge is 0.491 e. The van der Waals surface area contributed by atoms with Gasteiger partial charge in [-0.2, -0.15) is 11.3 Å². The van der Waals surface area contributed by atoms with E-state index in [1.807, 2.05) is 0 Å². The van der Waals surface area contributed by atoms with Crippen LogP contribution < -0.4 is 9.64 Å². The summed E-state index contributed by atoms with van der Waals surface area (Å²) >= 11 is 7.80. The Kier molecular flexibility index (Phi) is 5.56. The molecule has 4 heteroatoms. The van der Waals surface area contributed by atoms with Gasteiger partial charge in [0.15, 0.2) is 0 Å². The van der Waals surface area contributed by atoms with Gasteiger partial charge in [0, 0.05) is 24.5 Å². The molecule has 1 aliphatic carbocycles. The van der Waals surface area contributed by atoms with E-state index in [1.54, 1.807) is 11.3 Å². The van der Waals surface area contributed by atoms with Crippen LogP contribution in [0.5, 0.6) is 5.75 Å². The Morgan fingerprint density at radius 2 is 2.23 bits per heavy atom. The molecule has 0 saturated heterocycles. The van der Waals surface area contributed by atoms with Gasteiger partial charge in [-0.1, -0.05) is 6.92 Å². The Hall–Kier alpha value is -1.45. The molecule has 0 spiro atoms. The number of fused-ring (bicyclic) bond motifs is 3. The maximum absolute atomic E-state index is 6.21. The molecule has 26 heavy (non-hydrogen) atoms. The third-order valence-electron chi connectivity index (χ3n) is 5.29. The molecule has 2 nitrogen and oxygen atoms in total. The molecule has 0 amide bonds. The van der Waals surface area contributed by atoms with Crippen molar-refractivity contribution in [2.24, 2.45) is 0 Å². The van der Waals surface area contributed by atoms with Crippen LogP contribution in [0.4, 0.5) is 5.69 Å². The van der Waals surface area contributed by atoms with Gasteiger partial charge in [-0.05, 0) is 83.3 Å². The Bertz CT molecular complexity index is 797. The van der Waals surface area contributed by atoms with E-state index in [4.69, 9.17) is 16.3 Å². The maximum atomic E-state index is 6.21. The summed E-state index contributed by atoms with van der Waals surface area (Å²) in [5.74, 6) is 1.76. The summed E-state index contributed by atoms with van der Waals surface area (Å²) in [6.45, 7) is 4.84. The summed E-state index contributed by atoms with van der Waals surface area (Å²) in [5, 5.41) is 4.42. The van der Waals surface area contributed by atoms with Crippen LogP contribution >= 0.6 is 22.9 Å². The van der Waals surface area contributed by atoms with E-state index in [0.717, 1.165) is 38.3 Å². The molecule has 4 rings (SSSR count). The average Bonchev–Trinajstić information content (AvgIpc) is 3.35. The monoisotopic (exact) mass is 387 g/mol. The molecule has 2 heterocycles. The minimum absolute atomic E-state index is 0.694. The SMILES string of the molecule is CCCOc1cc2c(c3c1N(CCCCl)CC(c1ccsc1)=C3)CCC2. The van der Waals surface area contributed by atoms with Crippen molar-refractivity contribution in [1.82, 2.24) is 0 Å². The molecule has 0 unspecified atom stereocenters. The summed E-state index contributed by atoms with van der Waals surface area (Å²) in [4.78, 5) is 2.49. The first-order valence-electron chi connectivity index (χ1n) is 9.67. The van der Waals surface area contributed by atoms with Crippen LogP contribution in [0, 0.1) is 0 Å². The third-order valence-corrected chi connectivity index (χ3v) is 6.24. The highest BCUT2D eigenvalue weighted by molar-refractivity contribution is 7.08. The van der Waals surface area contributed by atoms with Crippen LogP contribution in [0.25, 0.3) is 11.6 Å². The van der Waals surface area contributed by atoms with Crippen molar-refractivity contribution in [3.8, 4) is 5.75 Å². The van der Waals surface area contributed by atoms with Crippen LogP contribution in [0.15, 0.2) is 22.9 Å². The Morgan fingerprint density at radius 1 is 1.31 bits per heavy atom. The van der Waals surface area contributed by atoms with Crippen LogP contribution in [-0.4, -0.2) is 25.6 Å². The van der Waals surface area contributed by atoms with Crippen molar-refractivity contribution in [2.75, 3.05) is 30.5 Å². The lowest BCUT2D eigenvalue weighted by Gasteiger charge is -2.34. The molecular weight excluding hydrogens is 362 g/mol. The van der Waals surface area contributed by atoms with Gasteiger partial charge < -0.3 is 9.64 Å². The number of anilines is 1. The highest BCUT2D eigenvalue weighted by Gasteiger charge is 2.28.